The summed E-state index contributed by atoms with van der Waals surface area (Å²) in [6.45, 7) is 0. The molecule has 1 aromatic heterocycles. The molecule has 0 spiro atoms. The standard InChI is InChI=1S/C47H26N4/c48-27-30-14-21-36(33-17-19-35(20-18-33)51-44-22-15-31(28-49)24-41(44)42-25-32(29-50)16-23-45(42)51)43(26-30)47-39-12-6-4-10-37(39)46(34-8-2-1-3-9-34)38-11-5-7-13-40(38)47/h1-26H. The van der Waals surface area contributed by atoms with Gasteiger partial charge in [-0.25, -0.2) is 0 Å². The third kappa shape index (κ3) is 4.74. The lowest BCUT2D eigenvalue weighted by atomic mass is 9.83. The number of hydrogen-bond acceptors (Lipinski definition) is 3. The van der Waals surface area contributed by atoms with Crippen molar-refractivity contribution in [1.29, 1.82) is 15.8 Å². The number of nitrogens with zero attached hydrogens (tertiary/aromatic N) is 4. The third-order valence-electron chi connectivity index (χ3n) is 9.87. The normalized spacial score (nSPS) is 11.1. The molecule has 4 heteroatoms. The Labute approximate surface area is 294 Å². The number of aromatic nitrogens is 1. The Bertz CT molecular complexity index is 2860. The fraction of sp³-hybridized carbons (Fsp3) is 0. The van der Waals surface area contributed by atoms with E-state index in [2.05, 4.69) is 126 Å². The van der Waals surface area contributed by atoms with E-state index in [9.17, 15) is 15.8 Å². The summed E-state index contributed by atoms with van der Waals surface area (Å²) in [6, 6.07) is 60.4. The molecular weight excluding hydrogens is 621 g/mol. The maximum absolute atomic E-state index is 10.1. The molecule has 8 aromatic carbocycles. The van der Waals surface area contributed by atoms with Crippen molar-refractivity contribution in [1.82, 2.24) is 4.57 Å². The molecule has 0 atom stereocenters. The Morgan fingerprint density at radius 3 is 1.35 bits per heavy atom. The molecule has 0 radical (unpaired) electrons. The molecule has 0 fully saturated rings. The minimum Gasteiger partial charge on any atom is -0.309 e. The molecule has 234 valence electrons. The number of rotatable bonds is 4. The zero-order valence-electron chi connectivity index (χ0n) is 27.3. The van der Waals surface area contributed by atoms with E-state index in [4.69, 9.17) is 0 Å². The second kappa shape index (κ2) is 11.9. The molecule has 0 aliphatic rings. The van der Waals surface area contributed by atoms with E-state index in [0.29, 0.717) is 16.7 Å². The molecule has 0 N–H and O–H groups in total. The lowest BCUT2D eigenvalue weighted by Crippen LogP contribution is -1.95. The molecular formula is C47H26N4. The molecule has 51 heavy (non-hydrogen) atoms. The fourth-order valence-corrected chi connectivity index (χ4v) is 7.64. The predicted octanol–water partition coefficient (Wildman–Crippen LogP) is 11.7. The summed E-state index contributed by atoms with van der Waals surface area (Å²) in [6.07, 6.45) is 0. The molecule has 1 heterocycles. The lowest BCUT2D eigenvalue weighted by molar-refractivity contribution is 1.18. The fourth-order valence-electron chi connectivity index (χ4n) is 7.64. The SMILES string of the molecule is N#Cc1ccc(-c2ccc(-n3c4ccc(C#N)cc4c4cc(C#N)ccc43)cc2)c(-c2c3ccccc3c(-c3ccccc3)c3ccccc23)c1. The van der Waals surface area contributed by atoms with Crippen molar-refractivity contribution in [2.45, 2.75) is 0 Å². The van der Waals surface area contributed by atoms with Gasteiger partial charge in [0, 0.05) is 16.5 Å². The van der Waals surface area contributed by atoms with Crippen molar-refractivity contribution in [3.8, 4) is 57.3 Å². The minimum atomic E-state index is 0.574. The summed E-state index contributed by atoms with van der Waals surface area (Å²) in [5, 5.41) is 35.8. The molecule has 9 aromatic rings. The van der Waals surface area contributed by atoms with E-state index in [-0.39, 0.29) is 0 Å². The van der Waals surface area contributed by atoms with Crippen LogP contribution in [-0.4, -0.2) is 4.57 Å². The van der Waals surface area contributed by atoms with Gasteiger partial charge in [-0.2, -0.15) is 15.8 Å². The first-order valence-corrected chi connectivity index (χ1v) is 16.7. The Hall–Kier alpha value is -7.45. The maximum atomic E-state index is 10.1. The zero-order chi connectivity index (χ0) is 34.5. The van der Waals surface area contributed by atoms with Crippen LogP contribution >= 0.6 is 0 Å². The van der Waals surface area contributed by atoms with Crippen LogP contribution < -0.4 is 0 Å². The monoisotopic (exact) mass is 646 g/mol. The smallest absolute Gasteiger partial charge is 0.0991 e. The second-order valence-electron chi connectivity index (χ2n) is 12.6. The van der Waals surface area contributed by atoms with Gasteiger partial charge in [-0.05, 0) is 116 Å². The van der Waals surface area contributed by atoms with Gasteiger partial charge in [0.05, 0.1) is 45.9 Å². The number of nitriles is 3. The Kier molecular flexibility index (Phi) is 6.93. The second-order valence-corrected chi connectivity index (χ2v) is 12.6. The largest absolute Gasteiger partial charge is 0.309 e. The summed E-state index contributed by atoms with van der Waals surface area (Å²) in [5.74, 6) is 0. The van der Waals surface area contributed by atoms with E-state index in [1.807, 2.05) is 54.6 Å². The van der Waals surface area contributed by atoms with Crippen LogP contribution in [0.4, 0.5) is 0 Å². The first-order valence-electron chi connectivity index (χ1n) is 16.7. The van der Waals surface area contributed by atoms with Gasteiger partial charge in [0.15, 0.2) is 0 Å². The van der Waals surface area contributed by atoms with E-state index < -0.39 is 0 Å². The number of hydrogen-bond donors (Lipinski definition) is 0. The van der Waals surface area contributed by atoms with Gasteiger partial charge in [0.25, 0.3) is 0 Å². The van der Waals surface area contributed by atoms with Crippen molar-refractivity contribution in [3.63, 3.8) is 0 Å². The first kappa shape index (κ1) is 29.7. The van der Waals surface area contributed by atoms with Crippen LogP contribution in [0.3, 0.4) is 0 Å². The summed E-state index contributed by atoms with van der Waals surface area (Å²) < 4.78 is 2.18. The third-order valence-corrected chi connectivity index (χ3v) is 9.87. The molecule has 0 aliphatic heterocycles. The number of fused-ring (bicyclic) bond motifs is 5. The Balaban J connectivity index is 1.27. The molecule has 4 nitrogen and oxygen atoms in total. The Morgan fingerprint density at radius 1 is 0.353 bits per heavy atom. The van der Waals surface area contributed by atoms with Crippen LogP contribution in [0.5, 0.6) is 0 Å². The van der Waals surface area contributed by atoms with Gasteiger partial charge in [-0.15, -0.1) is 0 Å². The summed E-state index contributed by atoms with van der Waals surface area (Å²) in [7, 11) is 0. The topological polar surface area (TPSA) is 76.3 Å². The quantitative estimate of drug-likeness (QED) is 0.179. The van der Waals surface area contributed by atoms with E-state index >= 15 is 0 Å². The van der Waals surface area contributed by atoms with Gasteiger partial charge in [0.1, 0.15) is 0 Å². The van der Waals surface area contributed by atoms with Crippen molar-refractivity contribution in [2.24, 2.45) is 0 Å². The molecule has 0 saturated carbocycles. The first-order chi connectivity index (χ1) is 25.2. The minimum absolute atomic E-state index is 0.574. The molecule has 0 aliphatic carbocycles. The highest BCUT2D eigenvalue weighted by Gasteiger charge is 2.20. The van der Waals surface area contributed by atoms with Crippen molar-refractivity contribution in [3.05, 3.63) is 174 Å². The highest BCUT2D eigenvalue weighted by molar-refractivity contribution is 6.22. The van der Waals surface area contributed by atoms with Crippen molar-refractivity contribution < 1.29 is 0 Å². The highest BCUT2D eigenvalue weighted by Crippen LogP contribution is 2.46. The van der Waals surface area contributed by atoms with Crippen LogP contribution in [-0.2, 0) is 0 Å². The predicted molar refractivity (Wildman–Crippen MR) is 206 cm³/mol. The maximum Gasteiger partial charge on any atom is 0.0991 e. The average molecular weight is 647 g/mol. The van der Waals surface area contributed by atoms with Gasteiger partial charge in [-0.3, -0.25) is 0 Å². The molecule has 9 rings (SSSR count). The summed E-state index contributed by atoms with van der Waals surface area (Å²) in [5.41, 5.74) is 11.1. The van der Waals surface area contributed by atoms with Crippen molar-refractivity contribution in [2.75, 3.05) is 0 Å². The lowest BCUT2D eigenvalue weighted by Gasteiger charge is -2.20. The van der Waals surface area contributed by atoms with Gasteiger partial charge < -0.3 is 4.57 Å². The van der Waals surface area contributed by atoms with Crippen molar-refractivity contribution >= 4 is 43.4 Å². The van der Waals surface area contributed by atoms with Crippen LogP contribution in [0.25, 0.3) is 82.4 Å². The molecule has 0 unspecified atom stereocenters. The molecule has 0 amide bonds. The highest BCUT2D eigenvalue weighted by atomic mass is 15.0. The van der Waals surface area contributed by atoms with Crippen LogP contribution in [0.1, 0.15) is 16.7 Å². The summed E-state index contributed by atoms with van der Waals surface area (Å²) >= 11 is 0. The molecule has 0 saturated heterocycles. The van der Waals surface area contributed by atoms with Crippen LogP contribution in [0.2, 0.25) is 0 Å². The van der Waals surface area contributed by atoms with Crippen LogP contribution in [0, 0.1) is 34.0 Å². The van der Waals surface area contributed by atoms with E-state index in [1.165, 1.54) is 5.56 Å². The van der Waals surface area contributed by atoms with Gasteiger partial charge >= 0.3 is 0 Å². The average Bonchev–Trinajstić information content (AvgIpc) is 3.52. The van der Waals surface area contributed by atoms with E-state index in [0.717, 1.165) is 76.9 Å². The zero-order valence-corrected chi connectivity index (χ0v) is 27.3. The van der Waals surface area contributed by atoms with E-state index in [1.54, 1.807) is 0 Å². The van der Waals surface area contributed by atoms with Crippen LogP contribution in [0.15, 0.2) is 158 Å². The Morgan fingerprint density at radius 2 is 0.824 bits per heavy atom. The van der Waals surface area contributed by atoms with Gasteiger partial charge in [0.2, 0.25) is 0 Å². The van der Waals surface area contributed by atoms with Gasteiger partial charge in [-0.1, -0.05) is 97.1 Å². The molecule has 0 bridgehead atoms. The summed E-state index contributed by atoms with van der Waals surface area (Å²) in [4.78, 5) is 0. The number of benzene rings is 8.